The molecule has 3 aromatic rings. The Morgan fingerprint density at radius 1 is 1.55 bits per heavy atom. The zero-order valence-electron chi connectivity index (χ0n) is 10.1. The van der Waals surface area contributed by atoms with E-state index in [1.54, 1.807) is 12.3 Å². The van der Waals surface area contributed by atoms with Crippen molar-refractivity contribution in [3.05, 3.63) is 51.9 Å². The SMILES string of the molecule is O=C(OCc1coc(-c2cccs2)n1)c1cc(Br)c[nH]1. The monoisotopic (exact) mass is 352 g/mol. The average molecular weight is 353 g/mol. The van der Waals surface area contributed by atoms with Crippen LogP contribution in [0.15, 0.2) is 44.9 Å². The predicted molar refractivity (Wildman–Crippen MR) is 77.4 cm³/mol. The van der Waals surface area contributed by atoms with E-state index in [4.69, 9.17) is 9.15 Å². The number of ether oxygens (including phenoxy) is 1. The molecule has 0 spiro atoms. The summed E-state index contributed by atoms with van der Waals surface area (Å²) in [6.45, 7) is 0.0738. The molecule has 0 aromatic carbocycles. The van der Waals surface area contributed by atoms with Gasteiger partial charge >= 0.3 is 5.97 Å². The van der Waals surface area contributed by atoms with E-state index in [0.717, 1.165) is 9.35 Å². The second-order valence-electron chi connectivity index (χ2n) is 3.93. The molecule has 0 atom stereocenters. The maximum atomic E-state index is 11.7. The van der Waals surface area contributed by atoms with Gasteiger partial charge in [-0.2, -0.15) is 0 Å². The van der Waals surface area contributed by atoms with Crippen LogP contribution in [0.3, 0.4) is 0 Å². The first-order chi connectivity index (χ1) is 9.72. The van der Waals surface area contributed by atoms with E-state index in [1.165, 1.54) is 17.6 Å². The van der Waals surface area contributed by atoms with Crippen LogP contribution in [0.5, 0.6) is 0 Å². The molecule has 0 aliphatic heterocycles. The Balaban J connectivity index is 1.63. The van der Waals surface area contributed by atoms with E-state index in [9.17, 15) is 4.79 Å². The predicted octanol–water partition coefficient (Wildman–Crippen LogP) is 3.85. The molecule has 0 saturated heterocycles. The van der Waals surface area contributed by atoms with Crippen LogP contribution >= 0.6 is 27.3 Å². The van der Waals surface area contributed by atoms with Gasteiger partial charge in [-0.3, -0.25) is 0 Å². The average Bonchev–Trinajstić information content (AvgIpc) is 3.16. The number of oxazole rings is 1. The van der Waals surface area contributed by atoms with E-state index in [0.29, 0.717) is 17.3 Å². The lowest BCUT2D eigenvalue weighted by molar-refractivity contribution is 0.0461. The molecule has 3 rings (SSSR count). The number of aromatic amines is 1. The van der Waals surface area contributed by atoms with E-state index in [1.807, 2.05) is 17.5 Å². The number of aromatic nitrogens is 2. The van der Waals surface area contributed by atoms with Crippen LogP contribution in [0.2, 0.25) is 0 Å². The number of hydrogen-bond donors (Lipinski definition) is 1. The zero-order valence-corrected chi connectivity index (χ0v) is 12.5. The summed E-state index contributed by atoms with van der Waals surface area (Å²) in [7, 11) is 0. The lowest BCUT2D eigenvalue weighted by Crippen LogP contribution is -2.05. The molecule has 102 valence electrons. The quantitative estimate of drug-likeness (QED) is 0.724. The van der Waals surface area contributed by atoms with Gasteiger partial charge in [-0.05, 0) is 33.4 Å². The summed E-state index contributed by atoms with van der Waals surface area (Å²) in [5, 5.41) is 1.95. The van der Waals surface area contributed by atoms with Gasteiger partial charge in [0.2, 0.25) is 5.89 Å². The van der Waals surface area contributed by atoms with Crippen molar-refractivity contribution >= 4 is 33.2 Å². The molecule has 20 heavy (non-hydrogen) atoms. The number of esters is 1. The van der Waals surface area contributed by atoms with Gasteiger partial charge in [0.1, 0.15) is 24.3 Å². The number of rotatable bonds is 4. The van der Waals surface area contributed by atoms with Gasteiger partial charge in [0, 0.05) is 10.7 Å². The number of carbonyl (C=O) groups is 1. The van der Waals surface area contributed by atoms with Crippen LogP contribution < -0.4 is 0 Å². The van der Waals surface area contributed by atoms with Crippen molar-refractivity contribution in [2.45, 2.75) is 6.61 Å². The first-order valence-electron chi connectivity index (χ1n) is 5.72. The van der Waals surface area contributed by atoms with Gasteiger partial charge in [0.05, 0.1) is 4.88 Å². The van der Waals surface area contributed by atoms with Crippen LogP contribution in [0.1, 0.15) is 16.2 Å². The van der Waals surface area contributed by atoms with E-state index in [2.05, 4.69) is 25.9 Å². The summed E-state index contributed by atoms with van der Waals surface area (Å²) < 4.78 is 11.3. The summed E-state index contributed by atoms with van der Waals surface area (Å²) in [5.41, 5.74) is 0.964. The minimum Gasteiger partial charge on any atom is -0.454 e. The Kier molecular flexibility index (Phi) is 3.70. The van der Waals surface area contributed by atoms with Crippen molar-refractivity contribution in [1.29, 1.82) is 0 Å². The topological polar surface area (TPSA) is 68.1 Å². The van der Waals surface area contributed by atoms with Gasteiger partial charge in [-0.25, -0.2) is 9.78 Å². The third kappa shape index (κ3) is 2.83. The maximum Gasteiger partial charge on any atom is 0.355 e. The lowest BCUT2D eigenvalue weighted by Gasteiger charge is -1.99. The number of H-pyrrole nitrogens is 1. The molecule has 0 saturated carbocycles. The first-order valence-corrected chi connectivity index (χ1v) is 7.39. The molecule has 0 bridgehead atoms. The molecular formula is C13H9BrN2O3S. The molecule has 0 radical (unpaired) electrons. The number of hydrogen-bond acceptors (Lipinski definition) is 5. The van der Waals surface area contributed by atoms with Crippen LogP contribution in [-0.4, -0.2) is 15.9 Å². The largest absolute Gasteiger partial charge is 0.454 e. The van der Waals surface area contributed by atoms with Gasteiger partial charge in [0.15, 0.2) is 0 Å². The number of carbonyl (C=O) groups excluding carboxylic acids is 1. The fourth-order valence-corrected chi connectivity index (χ4v) is 2.59. The van der Waals surface area contributed by atoms with E-state index >= 15 is 0 Å². The minimum absolute atomic E-state index is 0.0738. The van der Waals surface area contributed by atoms with Crippen molar-refractivity contribution < 1.29 is 13.9 Å². The molecule has 0 aliphatic carbocycles. The van der Waals surface area contributed by atoms with Gasteiger partial charge < -0.3 is 14.1 Å². The van der Waals surface area contributed by atoms with Gasteiger partial charge in [-0.15, -0.1) is 11.3 Å². The smallest absolute Gasteiger partial charge is 0.355 e. The standard InChI is InChI=1S/C13H9BrN2O3S/c14-8-4-10(15-5-8)13(17)19-7-9-6-18-12(16-9)11-2-1-3-20-11/h1-6,15H,7H2. The molecule has 3 aromatic heterocycles. The number of thiophene rings is 1. The Labute approximate surface area is 126 Å². The molecule has 1 N–H and O–H groups in total. The minimum atomic E-state index is -0.434. The van der Waals surface area contributed by atoms with Crippen molar-refractivity contribution in [1.82, 2.24) is 9.97 Å². The highest BCUT2D eigenvalue weighted by atomic mass is 79.9. The van der Waals surface area contributed by atoms with Crippen molar-refractivity contribution in [2.24, 2.45) is 0 Å². The van der Waals surface area contributed by atoms with Crippen LogP contribution in [-0.2, 0) is 11.3 Å². The second-order valence-corrected chi connectivity index (χ2v) is 5.79. The zero-order chi connectivity index (χ0) is 13.9. The fraction of sp³-hybridized carbons (Fsp3) is 0.0769. The molecule has 7 heteroatoms. The summed E-state index contributed by atoms with van der Waals surface area (Å²) in [4.78, 5) is 19.8. The second kappa shape index (κ2) is 5.64. The van der Waals surface area contributed by atoms with E-state index in [-0.39, 0.29) is 6.61 Å². The molecule has 5 nitrogen and oxygen atoms in total. The van der Waals surface area contributed by atoms with Crippen molar-refractivity contribution in [2.75, 3.05) is 0 Å². The van der Waals surface area contributed by atoms with Crippen LogP contribution in [0, 0.1) is 0 Å². The highest BCUT2D eigenvalue weighted by molar-refractivity contribution is 9.10. The Morgan fingerprint density at radius 2 is 2.45 bits per heavy atom. The number of nitrogens with zero attached hydrogens (tertiary/aromatic N) is 1. The molecule has 0 amide bonds. The summed E-state index contributed by atoms with van der Waals surface area (Å²) in [6, 6.07) is 5.50. The molecular weight excluding hydrogens is 344 g/mol. The van der Waals surface area contributed by atoms with Gasteiger partial charge in [0.25, 0.3) is 0 Å². The molecule has 0 unspecified atom stereocenters. The highest BCUT2D eigenvalue weighted by Gasteiger charge is 2.12. The third-order valence-electron chi connectivity index (χ3n) is 2.50. The molecule has 0 fully saturated rings. The van der Waals surface area contributed by atoms with Crippen LogP contribution in [0.4, 0.5) is 0 Å². The Bertz CT molecular complexity index is 718. The van der Waals surface area contributed by atoms with Crippen molar-refractivity contribution in [3.63, 3.8) is 0 Å². The summed E-state index contributed by atoms with van der Waals surface area (Å²) in [5.74, 6) is 0.102. The maximum absolute atomic E-state index is 11.7. The third-order valence-corrected chi connectivity index (χ3v) is 3.82. The van der Waals surface area contributed by atoms with E-state index < -0.39 is 5.97 Å². The number of nitrogens with one attached hydrogen (secondary N) is 1. The molecule has 0 aliphatic rings. The highest BCUT2D eigenvalue weighted by Crippen LogP contribution is 2.23. The summed E-state index contributed by atoms with van der Waals surface area (Å²) in [6.07, 6.45) is 3.16. The lowest BCUT2D eigenvalue weighted by atomic mass is 10.4. The Morgan fingerprint density at radius 3 is 3.15 bits per heavy atom. The first kappa shape index (κ1) is 13.1. The molecule has 3 heterocycles. The normalized spacial score (nSPS) is 10.7. The van der Waals surface area contributed by atoms with Crippen LogP contribution in [0.25, 0.3) is 10.8 Å². The Hall–Kier alpha value is -1.86. The van der Waals surface area contributed by atoms with Gasteiger partial charge in [-0.1, -0.05) is 6.07 Å². The summed E-state index contributed by atoms with van der Waals surface area (Å²) >= 11 is 4.80. The van der Waals surface area contributed by atoms with Crippen molar-refractivity contribution in [3.8, 4) is 10.8 Å². The fourth-order valence-electron chi connectivity index (χ4n) is 1.59. The number of halogens is 1.